The van der Waals surface area contributed by atoms with Gasteiger partial charge in [0.15, 0.2) is 0 Å². The topological polar surface area (TPSA) is 48.0 Å². The molecule has 0 bridgehead atoms. The lowest BCUT2D eigenvalue weighted by molar-refractivity contribution is -0.126. The Morgan fingerprint density at radius 2 is 1.88 bits per heavy atom. The van der Waals surface area contributed by atoms with Crippen molar-refractivity contribution >= 4 is 17.5 Å². The second kappa shape index (κ2) is 13.5. The number of likely N-dealkylation sites (N-methyl/N-ethyl adjacent to an activating group) is 1. The minimum atomic E-state index is -0.0570. The lowest BCUT2D eigenvalue weighted by Crippen LogP contribution is -2.49. The molecule has 0 aromatic heterocycles. The minimum absolute atomic E-state index is 0.0570. The predicted octanol–water partition coefficient (Wildman–Crippen LogP) is 4.18. The molecular weight excluding hydrogens is 448 g/mol. The van der Waals surface area contributed by atoms with Gasteiger partial charge in [-0.3, -0.25) is 14.6 Å². The molecule has 2 saturated heterocycles. The summed E-state index contributed by atoms with van der Waals surface area (Å²) in [5.41, 5.74) is 2.28. The largest absolute Gasteiger partial charge is 0.491 e. The number of benzene rings is 1. The highest BCUT2D eigenvalue weighted by Gasteiger charge is 2.26. The van der Waals surface area contributed by atoms with Crippen molar-refractivity contribution in [3.8, 4) is 0 Å². The summed E-state index contributed by atoms with van der Waals surface area (Å²) in [6.07, 6.45) is 1.98. The first kappa shape index (κ1) is 27.0. The number of nitrogens with zero attached hydrogens (tertiary/aromatic N) is 3. The molecule has 2 atom stereocenters. The summed E-state index contributed by atoms with van der Waals surface area (Å²) in [6, 6.07) is 7.82. The van der Waals surface area contributed by atoms with Crippen LogP contribution in [0.5, 0.6) is 0 Å². The van der Waals surface area contributed by atoms with Gasteiger partial charge >= 0.3 is 0 Å². The fourth-order valence-corrected chi connectivity index (χ4v) is 5.06. The van der Waals surface area contributed by atoms with E-state index < -0.39 is 0 Å². The molecule has 190 valence electrons. The molecule has 6 nitrogen and oxygen atoms in total. The van der Waals surface area contributed by atoms with Crippen LogP contribution >= 0.6 is 11.6 Å². The number of carbonyl (C=O) groups is 1. The van der Waals surface area contributed by atoms with Crippen LogP contribution in [0.4, 0.5) is 0 Å². The number of piperidine rings is 1. The van der Waals surface area contributed by atoms with Gasteiger partial charge in [0.25, 0.3) is 0 Å². The van der Waals surface area contributed by atoms with Gasteiger partial charge < -0.3 is 15.0 Å². The highest BCUT2D eigenvalue weighted by atomic mass is 35.5. The molecule has 2 aliphatic rings. The number of rotatable bonds is 10. The zero-order valence-electron chi connectivity index (χ0n) is 21.5. The van der Waals surface area contributed by atoms with E-state index in [0.717, 1.165) is 94.6 Å². The lowest BCUT2D eigenvalue weighted by atomic mass is 9.96. The van der Waals surface area contributed by atoms with E-state index in [4.69, 9.17) is 16.3 Å². The Kier molecular flexibility index (Phi) is 10.7. The van der Waals surface area contributed by atoms with Crippen molar-refractivity contribution in [1.29, 1.82) is 0 Å². The van der Waals surface area contributed by atoms with E-state index in [0.29, 0.717) is 0 Å². The van der Waals surface area contributed by atoms with E-state index in [9.17, 15) is 4.79 Å². The van der Waals surface area contributed by atoms with Gasteiger partial charge in [-0.1, -0.05) is 30.7 Å². The van der Waals surface area contributed by atoms with Crippen molar-refractivity contribution in [2.75, 3.05) is 65.4 Å². The van der Waals surface area contributed by atoms with Gasteiger partial charge in [-0.15, -0.1) is 0 Å². The summed E-state index contributed by atoms with van der Waals surface area (Å²) in [5.74, 6) is 1.23. The number of ether oxygens (including phenoxy) is 1. The van der Waals surface area contributed by atoms with Crippen molar-refractivity contribution in [1.82, 2.24) is 20.0 Å². The SMILES string of the molecule is CCN1CCN(CCNC(=O)C2CCCN(C/C(C)=C(\C)OC(C)c3cccc(Cl)c3)C2)CC1. The Hall–Kier alpha value is -1.60. The van der Waals surface area contributed by atoms with Gasteiger partial charge in [-0.2, -0.15) is 0 Å². The van der Waals surface area contributed by atoms with Crippen LogP contribution in [0, 0.1) is 5.92 Å². The number of carbonyl (C=O) groups excluding carboxylic acids is 1. The molecule has 0 aliphatic carbocycles. The smallest absolute Gasteiger partial charge is 0.224 e. The number of halogens is 1. The maximum Gasteiger partial charge on any atom is 0.224 e. The molecule has 2 fully saturated rings. The Morgan fingerprint density at radius 1 is 1.15 bits per heavy atom. The monoisotopic (exact) mass is 490 g/mol. The number of likely N-dealkylation sites (tertiary alicyclic amines) is 1. The van der Waals surface area contributed by atoms with E-state index in [-0.39, 0.29) is 17.9 Å². The van der Waals surface area contributed by atoms with Crippen LogP contribution in [0.25, 0.3) is 0 Å². The third-order valence-electron chi connectivity index (χ3n) is 7.25. The summed E-state index contributed by atoms with van der Waals surface area (Å²) in [5, 5.41) is 3.93. The third kappa shape index (κ3) is 8.26. The summed E-state index contributed by atoms with van der Waals surface area (Å²) in [4.78, 5) is 20.2. The van der Waals surface area contributed by atoms with Crippen LogP contribution in [-0.4, -0.2) is 86.1 Å². The predicted molar refractivity (Wildman–Crippen MR) is 140 cm³/mol. The molecule has 0 spiro atoms. The summed E-state index contributed by atoms with van der Waals surface area (Å²) >= 11 is 6.13. The quantitative estimate of drug-likeness (QED) is 0.498. The van der Waals surface area contributed by atoms with Gasteiger partial charge in [0.2, 0.25) is 5.91 Å². The summed E-state index contributed by atoms with van der Waals surface area (Å²) in [7, 11) is 0. The van der Waals surface area contributed by atoms with Crippen molar-refractivity contribution in [3.63, 3.8) is 0 Å². The van der Waals surface area contributed by atoms with Crippen LogP contribution in [0.3, 0.4) is 0 Å². The van der Waals surface area contributed by atoms with E-state index in [2.05, 4.69) is 33.9 Å². The van der Waals surface area contributed by atoms with Crippen LogP contribution in [-0.2, 0) is 9.53 Å². The number of amides is 1. The first-order chi connectivity index (χ1) is 16.4. The van der Waals surface area contributed by atoms with Crippen LogP contribution in [0.15, 0.2) is 35.6 Å². The van der Waals surface area contributed by atoms with Gasteiger partial charge in [0.1, 0.15) is 6.10 Å². The van der Waals surface area contributed by atoms with E-state index >= 15 is 0 Å². The second-order valence-corrected chi connectivity index (χ2v) is 10.2. The molecule has 3 rings (SSSR count). The normalized spacial score (nSPS) is 22.2. The number of allylic oxidation sites excluding steroid dienone is 1. The molecule has 0 radical (unpaired) electrons. The second-order valence-electron chi connectivity index (χ2n) is 9.79. The highest BCUT2D eigenvalue weighted by Crippen LogP contribution is 2.25. The Bertz CT molecular complexity index is 823. The maximum atomic E-state index is 12.8. The van der Waals surface area contributed by atoms with Gasteiger partial charge in [0.05, 0.1) is 11.7 Å². The van der Waals surface area contributed by atoms with Crippen molar-refractivity contribution in [2.24, 2.45) is 5.92 Å². The van der Waals surface area contributed by atoms with E-state index in [1.807, 2.05) is 38.1 Å². The van der Waals surface area contributed by atoms with Crippen molar-refractivity contribution in [3.05, 3.63) is 46.2 Å². The Labute approximate surface area is 211 Å². The van der Waals surface area contributed by atoms with E-state index in [1.54, 1.807) is 0 Å². The van der Waals surface area contributed by atoms with Crippen LogP contribution < -0.4 is 5.32 Å². The summed E-state index contributed by atoms with van der Waals surface area (Å²) < 4.78 is 6.20. The van der Waals surface area contributed by atoms with Crippen LogP contribution in [0.1, 0.15) is 52.2 Å². The fraction of sp³-hybridized carbons (Fsp3) is 0.667. The fourth-order valence-electron chi connectivity index (χ4n) is 4.86. The number of hydrogen-bond donors (Lipinski definition) is 1. The zero-order valence-corrected chi connectivity index (χ0v) is 22.2. The average Bonchev–Trinajstić information content (AvgIpc) is 2.84. The molecule has 0 saturated carbocycles. The first-order valence-corrected chi connectivity index (χ1v) is 13.3. The van der Waals surface area contributed by atoms with Gasteiger partial charge in [0, 0.05) is 57.4 Å². The Balaban J connectivity index is 1.42. The highest BCUT2D eigenvalue weighted by molar-refractivity contribution is 6.30. The molecule has 1 amide bonds. The van der Waals surface area contributed by atoms with Gasteiger partial charge in [-0.05, 0) is 70.0 Å². The standard InChI is InChI=1S/C27H43ClN4O2/c1-5-30-14-16-31(17-15-30)13-11-29-27(33)25-9-7-12-32(20-25)19-21(2)22(3)34-23(4)24-8-6-10-26(28)18-24/h6,8,10,18,23,25H,5,7,9,11-17,19-20H2,1-4H3,(H,29,33)/b22-21+. The lowest BCUT2D eigenvalue weighted by Gasteiger charge is -2.34. The van der Waals surface area contributed by atoms with Crippen molar-refractivity contribution in [2.45, 2.75) is 46.6 Å². The molecule has 1 aromatic rings. The van der Waals surface area contributed by atoms with Crippen molar-refractivity contribution < 1.29 is 9.53 Å². The molecule has 2 heterocycles. The maximum absolute atomic E-state index is 12.8. The van der Waals surface area contributed by atoms with E-state index in [1.165, 1.54) is 5.57 Å². The molecule has 34 heavy (non-hydrogen) atoms. The number of nitrogens with one attached hydrogen (secondary N) is 1. The molecular formula is C27H43ClN4O2. The molecule has 2 aliphatic heterocycles. The number of hydrogen-bond acceptors (Lipinski definition) is 5. The first-order valence-electron chi connectivity index (χ1n) is 12.9. The molecule has 1 aromatic carbocycles. The molecule has 7 heteroatoms. The van der Waals surface area contributed by atoms with Gasteiger partial charge in [-0.25, -0.2) is 0 Å². The summed E-state index contributed by atoms with van der Waals surface area (Å²) in [6.45, 7) is 18.4. The third-order valence-corrected chi connectivity index (χ3v) is 7.48. The van der Waals surface area contributed by atoms with Crippen LogP contribution in [0.2, 0.25) is 5.02 Å². The number of piperazine rings is 1. The average molecular weight is 491 g/mol. The zero-order chi connectivity index (χ0) is 24.5. The minimum Gasteiger partial charge on any atom is -0.491 e. The Morgan fingerprint density at radius 3 is 2.59 bits per heavy atom. The molecule has 2 unspecified atom stereocenters. The molecule has 1 N–H and O–H groups in total.